The lowest BCUT2D eigenvalue weighted by atomic mass is 10.1. The molecule has 0 aliphatic rings. The number of hydrogen-bond acceptors (Lipinski definition) is 3. The van der Waals surface area contributed by atoms with Crippen LogP contribution in [0.5, 0.6) is 5.88 Å². The molecule has 0 aliphatic carbocycles. The van der Waals surface area contributed by atoms with Crippen LogP contribution in [0.15, 0.2) is 0 Å². The predicted molar refractivity (Wildman–Crippen MR) is 66.1 cm³/mol. The lowest BCUT2D eigenvalue weighted by Crippen LogP contribution is -2.16. The van der Waals surface area contributed by atoms with E-state index in [9.17, 15) is 0 Å². The van der Waals surface area contributed by atoms with Gasteiger partial charge in [0.2, 0.25) is 0 Å². The van der Waals surface area contributed by atoms with Crippen molar-refractivity contribution in [2.75, 3.05) is 0 Å². The van der Waals surface area contributed by atoms with Crippen molar-refractivity contribution in [2.45, 2.75) is 47.1 Å². The van der Waals surface area contributed by atoms with Crippen molar-refractivity contribution in [2.24, 2.45) is 5.92 Å². The molecule has 3 nitrogen and oxygen atoms in total. The molecule has 1 unspecified atom stereocenters. The van der Waals surface area contributed by atoms with Gasteiger partial charge < -0.3 is 4.74 Å². The van der Waals surface area contributed by atoms with Crippen LogP contribution >= 0.6 is 11.6 Å². The maximum Gasteiger partial charge on any atom is 0.252 e. The van der Waals surface area contributed by atoms with Gasteiger partial charge >= 0.3 is 0 Å². The Morgan fingerprint density at radius 2 is 1.69 bits per heavy atom. The molecule has 0 bridgehead atoms. The molecule has 90 valence electrons. The first-order valence-electron chi connectivity index (χ1n) is 5.57. The number of nitrogens with zero attached hydrogens (tertiary/aromatic N) is 2. The van der Waals surface area contributed by atoms with Gasteiger partial charge in [-0.15, -0.1) is 0 Å². The number of aromatic nitrogens is 2. The van der Waals surface area contributed by atoms with Crippen LogP contribution in [0.2, 0.25) is 5.15 Å². The maximum atomic E-state index is 5.98. The third-order valence-electron chi connectivity index (χ3n) is 2.35. The molecule has 0 spiro atoms. The summed E-state index contributed by atoms with van der Waals surface area (Å²) >= 11 is 5.98. The molecule has 1 rings (SSSR count). The van der Waals surface area contributed by atoms with E-state index in [1.165, 1.54) is 0 Å². The Bertz CT molecular complexity index is 366. The minimum absolute atomic E-state index is 0.105. The first-order valence-corrected chi connectivity index (χ1v) is 5.95. The van der Waals surface area contributed by atoms with Crippen molar-refractivity contribution in [3.05, 3.63) is 16.5 Å². The zero-order chi connectivity index (χ0) is 12.3. The highest BCUT2D eigenvalue weighted by atomic mass is 35.5. The molecular formula is C12H19ClN2O. The summed E-state index contributed by atoms with van der Waals surface area (Å²) in [5.41, 5.74) is 1.70. The van der Waals surface area contributed by atoms with Crippen molar-refractivity contribution in [3.63, 3.8) is 0 Å². The monoisotopic (exact) mass is 242 g/mol. The topological polar surface area (TPSA) is 35.0 Å². The molecule has 0 aliphatic heterocycles. The Morgan fingerprint density at radius 1 is 1.12 bits per heavy atom. The first-order chi connectivity index (χ1) is 7.40. The number of aryl methyl sites for hydroxylation is 2. The van der Waals surface area contributed by atoms with Gasteiger partial charge in [-0.1, -0.05) is 25.4 Å². The SMILES string of the molecule is Cc1nc(Cl)c(OC(C)CC(C)C)nc1C. The normalized spacial score (nSPS) is 12.9. The highest BCUT2D eigenvalue weighted by Gasteiger charge is 2.13. The van der Waals surface area contributed by atoms with Crippen LogP contribution in [0.1, 0.15) is 38.6 Å². The summed E-state index contributed by atoms with van der Waals surface area (Å²) in [7, 11) is 0. The molecule has 1 heterocycles. The van der Waals surface area contributed by atoms with Gasteiger partial charge in [0.15, 0.2) is 5.15 Å². The minimum Gasteiger partial charge on any atom is -0.472 e. The summed E-state index contributed by atoms with van der Waals surface area (Å²) in [6.07, 6.45) is 1.08. The fourth-order valence-corrected chi connectivity index (χ4v) is 1.75. The van der Waals surface area contributed by atoms with Crippen molar-refractivity contribution < 1.29 is 4.74 Å². The van der Waals surface area contributed by atoms with Crippen LogP contribution in [-0.4, -0.2) is 16.1 Å². The molecule has 0 saturated heterocycles. The molecule has 4 heteroatoms. The Hall–Kier alpha value is -0.830. The molecule has 0 saturated carbocycles. The smallest absolute Gasteiger partial charge is 0.252 e. The zero-order valence-electron chi connectivity index (χ0n) is 10.5. The highest BCUT2D eigenvalue weighted by Crippen LogP contribution is 2.23. The van der Waals surface area contributed by atoms with E-state index in [1.807, 2.05) is 20.8 Å². The number of rotatable bonds is 4. The number of hydrogen-bond donors (Lipinski definition) is 0. The quantitative estimate of drug-likeness (QED) is 0.810. The predicted octanol–water partition coefficient (Wildman–Crippen LogP) is 3.56. The van der Waals surface area contributed by atoms with Crippen molar-refractivity contribution >= 4 is 11.6 Å². The van der Waals surface area contributed by atoms with E-state index < -0.39 is 0 Å². The van der Waals surface area contributed by atoms with Crippen molar-refractivity contribution in [1.82, 2.24) is 9.97 Å². The highest BCUT2D eigenvalue weighted by molar-refractivity contribution is 6.30. The Morgan fingerprint density at radius 3 is 2.25 bits per heavy atom. The van der Waals surface area contributed by atoms with Gasteiger partial charge in [0.1, 0.15) is 0 Å². The molecule has 1 aromatic rings. The number of halogens is 1. The summed E-state index contributed by atoms with van der Waals surface area (Å²) in [6.45, 7) is 10.1. The average molecular weight is 243 g/mol. The molecule has 0 fully saturated rings. The van der Waals surface area contributed by atoms with Gasteiger partial charge in [-0.2, -0.15) is 0 Å². The molecule has 0 amide bonds. The zero-order valence-corrected chi connectivity index (χ0v) is 11.3. The fraction of sp³-hybridized carbons (Fsp3) is 0.667. The summed E-state index contributed by atoms with van der Waals surface area (Å²) in [4.78, 5) is 8.49. The molecule has 0 aromatic carbocycles. The van der Waals surface area contributed by atoms with Gasteiger partial charge in [0.25, 0.3) is 5.88 Å². The van der Waals surface area contributed by atoms with Crippen LogP contribution in [0.25, 0.3) is 0 Å². The summed E-state index contributed by atoms with van der Waals surface area (Å²) in [5, 5.41) is 0.346. The Balaban J connectivity index is 2.77. The molecule has 1 atom stereocenters. The molecule has 1 aromatic heterocycles. The molecular weight excluding hydrogens is 224 g/mol. The standard InChI is InChI=1S/C12H19ClN2O/c1-7(2)6-8(3)16-12-11(13)14-9(4)10(5)15-12/h7-8H,6H2,1-5H3. The summed E-state index contributed by atoms with van der Waals surface area (Å²) < 4.78 is 5.69. The lowest BCUT2D eigenvalue weighted by molar-refractivity contribution is 0.184. The second-order valence-corrected chi connectivity index (χ2v) is 4.91. The third kappa shape index (κ3) is 3.63. The van der Waals surface area contributed by atoms with E-state index >= 15 is 0 Å². The second-order valence-electron chi connectivity index (χ2n) is 4.55. The third-order valence-corrected chi connectivity index (χ3v) is 2.60. The van der Waals surface area contributed by atoms with E-state index in [0.717, 1.165) is 17.8 Å². The molecule has 16 heavy (non-hydrogen) atoms. The van der Waals surface area contributed by atoms with Crippen LogP contribution in [0.4, 0.5) is 0 Å². The van der Waals surface area contributed by atoms with Crippen LogP contribution in [0.3, 0.4) is 0 Å². The van der Waals surface area contributed by atoms with Gasteiger partial charge in [0, 0.05) is 0 Å². The van der Waals surface area contributed by atoms with E-state index in [-0.39, 0.29) is 6.10 Å². The summed E-state index contributed by atoms with van der Waals surface area (Å²) in [6, 6.07) is 0. The van der Waals surface area contributed by atoms with Crippen LogP contribution < -0.4 is 4.74 Å². The molecule has 0 N–H and O–H groups in total. The van der Waals surface area contributed by atoms with Gasteiger partial charge in [-0.05, 0) is 33.1 Å². The van der Waals surface area contributed by atoms with Crippen molar-refractivity contribution in [1.29, 1.82) is 0 Å². The number of ether oxygens (including phenoxy) is 1. The lowest BCUT2D eigenvalue weighted by Gasteiger charge is -2.16. The Kier molecular flexibility index (Phi) is 4.54. The minimum atomic E-state index is 0.105. The first kappa shape index (κ1) is 13.2. The maximum absolute atomic E-state index is 5.98. The second kappa shape index (κ2) is 5.48. The van der Waals surface area contributed by atoms with E-state index in [1.54, 1.807) is 0 Å². The Labute approximate surface area is 102 Å². The van der Waals surface area contributed by atoms with Gasteiger partial charge in [-0.25, -0.2) is 9.97 Å². The van der Waals surface area contributed by atoms with Gasteiger partial charge in [0.05, 0.1) is 17.5 Å². The fourth-order valence-electron chi connectivity index (χ4n) is 1.53. The van der Waals surface area contributed by atoms with E-state index in [2.05, 4.69) is 23.8 Å². The largest absolute Gasteiger partial charge is 0.472 e. The average Bonchev–Trinajstić information content (AvgIpc) is 2.12. The van der Waals surface area contributed by atoms with Crippen LogP contribution in [-0.2, 0) is 0 Å². The van der Waals surface area contributed by atoms with E-state index in [4.69, 9.17) is 16.3 Å². The van der Waals surface area contributed by atoms with Gasteiger partial charge in [-0.3, -0.25) is 0 Å². The van der Waals surface area contributed by atoms with E-state index in [0.29, 0.717) is 17.0 Å². The molecule has 0 radical (unpaired) electrons. The van der Waals surface area contributed by atoms with Crippen LogP contribution in [0, 0.1) is 19.8 Å². The summed E-state index contributed by atoms with van der Waals surface area (Å²) in [5.74, 6) is 1.03. The van der Waals surface area contributed by atoms with Crippen molar-refractivity contribution in [3.8, 4) is 5.88 Å².